The van der Waals surface area contributed by atoms with Crippen molar-refractivity contribution in [1.29, 1.82) is 0 Å². The molecule has 15 heavy (non-hydrogen) atoms. The van der Waals surface area contributed by atoms with Gasteiger partial charge in [0, 0.05) is 6.20 Å². The van der Waals surface area contributed by atoms with Crippen LogP contribution in [0.15, 0.2) is 30.6 Å². The van der Waals surface area contributed by atoms with Gasteiger partial charge in [0.05, 0.1) is 17.9 Å². The molecule has 3 nitrogen and oxygen atoms in total. The molecular weight excluding hydrogens is 193 g/mol. The first-order valence-corrected chi connectivity index (χ1v) is 5.00. The summed E-state index contributed by atoms with van der Waals surface area (Å²) in [6.07, 6.45) is 5.58. The third-order valence-corrected chi connectivity index (χ3v) is 2.52. The molecule has 0 unspecified atom stereocenters. The lowest BCUT2D eigenvalue weighted by molar-refractivity contribution is 0.621. The highest BCUT2D eigenvalue weighted by Gasteiger charge is 2.24. The highest BCUT2D eigenvalue weighted by molar-refractivity contribution is 5.52. The Morgan fingerprint density at radius 3 is 2.73 bits per heavy atom. The van der Waals surface area contributed by atoms with Gasteiger partial charge in [-0.3, -0.25) is 9.67 Å². The Labute approximate surface area is 86.6 Å². The van der Waals surface area contributed by atoms with Crippen molar-refractivity contribution in [3.8, 4) is 11.4 Å². The minimum absolute atomic E-state index is 0.319. The number of pyridine rings is 1. The Kier molecular flexibility index (Phi) is 1.80. The van der Waals surface area contributed by atoms with Gasteiger partial charge in [0.25, 0.3) is 0 Å². The van der Waals surface area contributed by atoms with Gasteiger partial charge in [-0.2, -0.15) is 5.10 Å². The molecule has 0 saturated heterocycles. The highest BCUT2D eigenvalue weighted by atomic mass is 19.1. The van der Waals surface area contributed by atoms with Crippen LogP contribution < -0.4 is 0 Å². The van der Waals surface area contributed by atoms with Gasteiger partial charge in [0.15, 0.2) is 0 Å². The van der Waals surface area contributed by atoms with Crippen molar-refractivity contribution in [1.82, 2.24) is 14.8 Å². The number of hydrogen-bond acceptors (Lipinski definition) is 2. The largest absolute Gasteiger partial charge is 0.269 e. The van der Waals surface area contributed by atoms with Gasteiger partial charge in [-0.25, -0.2) is 4.39 Å². The topological polar surface area (TPSA) is 30.7 Å². The van der Waals surface area contributed by atoms with E-state index in [2.05, 4.69) is 10.1 Å². The third kappa shape index (κ3) is 1.63. The van der Waals surface area contributed by atoms with Gasteiger partial charge in [-0.1, -0.05) is 0 Å². The fourth-order valence-electron chi connectivity index (χ4n) is 1.54. The van der Waals surface area contributed by atoms with Crippen LogP contribution in [0.5, 0.6) is 0 Å². The third-order valence-electron chi connectivity index (χ3n) is 2.52. The summed E-state index contributed by atoms with van der Waals surface area (Å²) in [7, 11) is 0. The molecule has 0 bridgehead atoms. The van der Waals surface area contributed by atoms with Crippen molar-refractivity contribution in [2.75, 3.05) is 0 Å². The normalized spacial score (nSPS) is 15.5. The number of nitrogens with zero attached hydrogens (tertiary/aromatic N) is 3. The van der Waals surface area contributed by atoms with Gasteiger partial charge in [-0.05, 0) is 31.0 Å². The molecule has 3 rings (SSSR count). The maximum absolute atomic E-state index is 12.7. The van der Waals surface area contributed by atoms with E-state index in [4.69, 9.17) is 0 Å². The summed E-state index contributed by atoms with van der Waals surface area (Å²) in [5, 5.41) is 4.40. The van der Waals surface area contributed by atoms with Crippen molar-refractivity contribution < 1.29 is 4.39 Å². The summed E-state index contributed by atoms with van der Waals surface area (Å²) >= 11 is 0. The van der Waals surface area contributed by atoms with Crippen LogP contribution in [0.4, 0.5) is 4.39 Å². The first-order chi connectivity index (χ1) is 7.33. The average Bonchev–Trinajstić information content (AvgIpc) is 2.99. The van der Waals surface area contributed by atoms with Crippen molar-refractivity contribution in [2.24, 2.45) is 0 Å². The van der Waals surface area contributed by atoms with Gasteiger partial charge in [0.2, 0.25) is 0 Å². The Morgan fingerprint density at radius 2 is 2.07 bits per heavy atom. The summed E-state index contributed by atoms with van der Waals surface area (Å²) in [5.41, 5.74) is 1.53. The van der Waals surface area contributed by atoms with E-state index in [0.717, 1.165) is 11.4 Å². The van der Waals surface area contributed by atoms with Gasteiger partial charge in [-0.15, -0.1) is 0 Å². The zero-order valence-electron chi connectivity index (χ0n) is 8.10. The molecule has 0 spiro atoms. The highest BCUT2D eigenvalue weighted by Crippen LogP contribution is 2.34. The van der Waals surface area contributed by atoms with Crippen LogP contribution in [0, 0.1) is 5.82 Å². The van der Waals surface area contributed by atoms with Crippen LogP contribution in [0.3, 0.4) is 0 Å². The summed E-state index contributed by atoms with van der Waals surface area (Å²) in [6, 6.07) is 5.53. The maximum Gasteiger partial charge on any atom is 0.141 e. The zero-order valence-corrected chi connectivity index (χ0v) is 8.10. The quantitative estimate of drug-likeness (QED) is 0.750. The van der Waals surface area contributed by atoms with E-state index in [-0.39, 0.29) is 5.82 Å². The molecule has 0 N–H and O–H groups in total. The Morgan fingerprint density at radius 1 is 1.20 bits per heavy atom. The number of aromatic nitrogens is 3. The second kappa shape index (κ2) is 3.15. The van der Waals surface area contributed by atoms with Crippen LogP contribution >= 0.6 is 0 Å². The molecule has 2 aromatic rings. The minimum Gasteiger partial charge on any atom is -0.269 e. The summed E-state index contributed by atoms with van der Waals surface area (Å²) < 4.78 is 14.6. The first kappa shape index (κ1) is 8.59. The van der Waals surface area contributed by atoms with Crippen LogP contribution in [-0.2, 0) is 0 Å². The van der Waals surface area contributed by atoms with Crippen LogP contribution in [0.25, 0.3) is 11.4 Å². The van der Waals surface area contributed by atoms with E-state index >= 15 is 0 Å². The van der Waals surface area contributed by atoms with E-state index in [1.165, 1.54) is 25.1 Å². The number of halogens is 1. The van der Waals surface area contributed by atoms with E-state index < -0.39 is 0 Å². The number of hydrogen-bond donors (Lipinski definition) is 0. The SMILES string of the molecule is Fc1ccc(-c2ccn(C3CC3)n2)nc1. The lowest BCUT2D eigenvalue weighted by Gasteiger charge is -1.96. The van der Waals surface area contributed by atoms with Gasteiger partial charge >= 0.3 is 0 Å². The summed E-state index contributed by atoms with van der Waals surface area (Å²) in [4.78, 5) is 3.99. The van der Waals surface area contributed by atoms with Gasteiger partial charge in [0.1, 0.15) is 11.5 Å². The molecule has 0 aliphatic heterocycles. The lowest BCUT2D eigenvalue weighted by Crippen LogP contribution is -1.94. The second-order valence-corrected chi connectivity index (χ2v) is 3.77. The van der Waals surface area contributed by atoms with Crippen LogP contribution in [0.1, 0.15) is 18.9 Å². The Bertz CT molecular complexity index is 471. The van der Waals surface area contributed by atoms with Crippen molar-refractivity contribution in [3.05, 3.63) is 36.4 Å². The molecule has 0 amide bonds. The molecule has 1 fully saturated rings. The van der Waals surface area contributed by atoms with Gasteiger partial charge < -0.3 is 0 Å². The monoisotopic (exact) mass is 203 g/mol. The Hall–Kier alpha value is -1.71. The smallest absolute Gasteiger partial charge is 0.141 e. The molecule has 0 radical (unpaired) electrons. The van der Waals surface area contributed by atoms with E-state index in [0.29, 0.717) is 6.04 Å². The van der Waals surface area contributed by atoms with Crippen LogP contribution in [-0.4, -0.2) is 14.8 Å². The van der Waals surface area contributed by atoms with E-state index in [1.54, 1.807) is 6.07 Å². The molecular formula is C11H10FN3. The Balaban J connectivity index is 1.93. The molecule has 1 aliphatic rings. The van der Waals surface area contributed by atoms with E-state index in [9.17, 15) is 4.39 Å². The van der Waals surface area contributed by atoms with Crippen molar-refractivity contribution in [2.45, 2.75) is 18.9 Å². The van der Waals surface area contributed by atoms with E-state index in [1.807, 2.05) is 16.9 Å². The molecule has 0 atom stereocenters. The standard InChI is InChI=1S/C11H10FN3/c12-8-1-4-10(13-7-8)11-5-6-15(14-11)9-2-3-9/h1,4-7,9H,2-3H2. The average molecular weight is 203 g/mol. The fourth-order valence-corrected chi connectivity index (χ4v) is 1.54. The molecule has 1 aliphatic carbocycles. The summed E-state index contributed by atoms with van der Waals surface area (Å²) in [6.45, 7) is 0. The maximum atomic E-state index is 12.7. The molecule has 76 valence electrons. The second-order valence-electron chi connectivity index (χ2n) is 3.77. The lowest BCUT2D eigenvalue weighted by atomic mass is 10.3. The molecule has 4 heteroatoms. The molecule has 1 saturated carbocycles. The fraction of sp³-hybridized carbons (Fsp3) is 0.273. The van der Waals surface area contributed by atoms with Crippen molar-refractivity contribution >= 4 is 0 Å². The van der Waals surface area contributed by atoms with Crippen LogP contribution in [0.2, 0.25) is 0 Å². The molecule has 2 aromatic heterocycles. The molecule has 2 heterocycles. The number of rotatable bonds is 2. The zero-order chi connectivity index (χ0) is 10.3. The van der Waals surface area contributed by atoms with Crippen molar-refractivity contribution in [3.63, 3.8) is 0 Å². The minimum atomic E-state index is -0.319. The first-order valence-electron chi connectivity index (χ1n) is 5.00. The predicted octanol–water partition coefficient (Wildman–Crippen LogP) is 2.42. The molecule has 0 aromatic carbocycles. The predicted molar refractivity (Wildman–Crippen MR) is 53.7 cm³/mol. The summed E-state index contributed by atoms with van der Waals surface area (Å²) in [5.74, 6) is -0.319.